The molecule has 152 valence electrons. The van der Waals surface area contributed by atoms with Gasteiger partial charge in [-0.1, -0.05) is 18.5 Å². The second-order valence-corrected chi connectivity index (χ2v) is 9.35. The molecule has 0 bridgehead atoms. The summed E-state index contributed by atoms with van der Waals surface area (Å²) in [7, 11) is -3.59. The molecule has 8 nitrogen and oxygen atoms in total. The summed E-state index contributed by atoms with van der Waals surface area (Å²) in [5.74, 6) is 1.18. The van der Waals surface area contributed by atoms with Gasteiger partial charge in [0.1, 0.15) is 11.6 Å². The van der Waals surface area contributed by atoms with Crippen molar-refractivity contribution in [2.75, 3.05) is 26.2 Å². The van der Waals surface area contributed by atoms with Crippen LogP contribution >= 0.6 is 11.6 Å². The molecular formula is C18H24ClN5O3S. The largest absolute Gasteiger partial charge is 0.340 e. The topological polar surface area (TPSA) is 88.4 Å². The molecule has 0 N–H and O–H groups in total. The van der Waals surface area contributed by atoms with Crippen molar-refractivity contribution in [3.05, 3.63) is 40.9 Å². The van der Waals surface area contributed by atoms with Crippen molar-refractivity contribution in [2.45, 2.75) is 32.2 Å². The van der Waals surface area contributed by atoms with E-state index in [4.69, 9.17) is 11.6 Å². The lowest BCUT2D eigenvalue weighted by atomic mass is 10.1. The fraction of sp³-hybridized carbons (Fsp3) is 0.500. The second-order valence-electron chi connectivity index (χ2n) is 6.97. The lowest BCUT2D eigenvalue weighted by Crippen LogP contribution is -2.52. The maximum absolute atomic E-state index is 12.8. The minimum Gasteiger partial charge on any atom is -0.340 e. The van der Waals surface area contributed by atoms with Gasteiger partial charge in [-0.05, 0) is 38.1 Å². The number of carbonyl (C=O) groups excluding carboxylic acids is 1. The summed E-state index contributed by atoms with van der Waals surface area (Å²) in [6.45, 7) is 7.25. The van der Waals surface area contributed by atoms with Crippen molar-refractivity contribution >= 4 is 27.5 Å². The van der Waals surface area contributed by atoms with Gasteiger partial charge in [-0.2, -0.15) is 9.40 Å². The third kappa shape index (κ3) is 4.37. The molecule has 1 fully saturated rings. The summed E-state index contributed by atoms with van der Waals surface area (Å²) >= 11 is 5.84. The van der Waals surface area contributed by atoms with E-state index in [1.54, 1.807) is 21.7 Å². The zero-order valence-corrected chi connectivity index (χ0v) is 17.7. The smallest absolute Gasteiger partial charge is 0.243 e. The minimum atomic E-state index is -3.59. The Hall–Kier alpha value is -1.97. The lowest BCUT2D eigenvalue weighted by molar-refractivity contribution is -0.136. The Bertz CT molecular complexity index is 950. The Balaban J connectivity index is 1.60. The van der Waals surface area contributed by atoms with E-state index < -0.39 is 10.0 Å². The lowest BCUT2D eigenvalue weighted by Gasteiger charge is -2.35. The zero-order valence-electron chi connectivity index (χ0n) is 16.2. The first-order valence-electron chi connectivity index (χ1n) is 9.11. The van der Waals surface area contributed by atoms with Crippen LogP contribution in [0.3, 0.4) is 0 Å². The number of amides is 1. The molecule has 0 aliphatic carbocycles. The van der Waals surface area contributed by atoms with Crippen molar-refractivity contribution in [2.24, 2.45) is 5.92 Å². The van der Waals surface area contributed by atoms with Crippen LogP contribution < -0.4 is 0 Å². The summed E-state index contributed by atoms with van der Waals surface area (Å²) in [6.07, 6.45) is 0. The molecule has 1 amide bonds. The average molecular weight is 426 g/mol. The van der Waals surface area contributed by atoms with Gasteiger partial charge in [0.2, 0.25) is 15.9 Å². The summed E-state index contributed by atoms with van der Waals surface area (Å²) in [5.41, 5.74) is 0. The first-order valence-corrected chi connectivity index (χ1v) is 10.9. The van der Waals surface area contributed by atoms with E-state index in [9.17, 15) is 13.2 Å². The van der Waals surface area contributed by atoms with Gasteiger partial charge in [0.25, 0.3) is 0 Å². The Morgan fingerprint density at radius 1 is 1.14 bits per heavy atom. The first kappa shape index (κ1) is 20.8. The van der Waals surface area contributed by atoms with Crippen molar-refractivity contribution < 1.29 is 13.2 Å². The van der Waals surface area contributed by atoms with Gasteiger partial charge in [0, 0.05) is 31.2 Å². The molecule has 1 aromatic carbocycles. The number of rotatable bonds is 5. The fourth-order valence-electron chi connectivity index (χ4n) is 3.29. The molecule has 0 saturated carbocycles. The maximum atomic E-state index is 12.8. The maximum Gasteiger partial charge on any atom is 0.243 e. The Morgan fingerprint density at radius 2 is 1.75 bits per heavy atom. The minimum absolute atomic E-state index is 0.00362. The van der Waals surface area contributed by atoms with Crippen LogP contribution in [0.15, 0.2) is 29.2 Å². The van der Waals surface area contributed by atoms with Crippen molar-refractivity contribution in [3.63, 3.8) is 0 Å². The van der Waals surface area contributed by atoms with Crippen LogP contribution in [0.2, 0.25) is 5.02 Å². The number of aryl methyl sites for hydroxylation is 2. The SMILES string of the molecule is Cc1nc(C)n(C[C@@H](C)C(=O)N2CCN(S(=O)(=O)c3ccc(Cl)cc3)CC2)n1. The number of sulfonamides is 1. The van der Waals surface area contributed by atoms with Crippen molar-refractivity contribution in [3.8, 4) is 0 Å². The van der Waals surface area contributed by atoms with Crippen LogP contribution in [0.25, 0.3) is 0 Å². The van der Waals surface area contributed by atoms with Crippen LogP contribution in [0.4, 0.5) is 0 Å². The number of aromatic nitrogens is 3. The van der Waals surface area contributed by atoms with Crippen LogP contribution in [0.1, 0.15) is 18.6 Å². The number of benzene rings is 1. The summed E-state index contributed by atoms with van der Waals surface area (Å²) in [4.78, 5) is 18.9. The molecule has 0 radical (unpaired) electrons. The van der Waals surface area contributed by atoms with E-state index in [2.05, 4.69) is 10.1 Å². The number of carbonyl (C=O) groups is 1. The van der Waals surface area contributed by atoms with E-state index in [1.807, 2.05) is 20.8 Å². The number of halogens is 1. The monoisotopic (exact) mass is 425 g/mol. The molecule has 1 atom stereocenters. The Labute approximate surface area is 170 Å². The van der Waals surface area contributed by atoms with Gasteiger partial charge in [0.05, 0.1) is 17.4 Å². The highest BCUT2D eigenvalue weighted by Crippen LogP contribution is 2.20. The molecule has 0 spiro atoms. The summed E-state index contributed by atoms with van der Waals surface area (Å²) < 4.78 is 28.6. The quantitative estimate of drug-likeness (QED) is 0.727. The molecular weight excluding hydrogens is 402 g/mol. The number of hydrogen-bond acceptors (Lipinski definition) is 5. The molecule has 1 aromatic heterocycles. The van der Waals surface area contributed by atoms with Gasteiger partial charge in [-0.3, -0.25) is 4.79 Å². The predicted octanol–water partition coefficient (Wildman–Crippen LogP) is 1.72. The van der Waals surface area contributed by atoms with Crippen molar-refractivity contribution in [1.29, 1.82) is 0 Å². The van der Waals surface area contributed by atoms with E-state index in [1.165, 1.54) is 16.4 Å². The number of hydrogen-bond donors (Lipinski definition) is 0. The number of piperazine rings is 1. The van der Waals surface area contributed by atoms with E-state index >= 15 is 0 Å². The van der Waals surface area contributed by atoms with Gasteiger partial charge in [-0.15, -0.1) is 0 Å². The average Bonchev–Trinajstić information content (AvgIpc) is 2.98. The first-order chi connectivity index (χ1) is 13.2. The summed E-state index contributed by atoms with van der Waals surface area (Å²) in [6, 6.07) is 6.12. The molecule has 2 aromatic rings. The highest BCUT2D eigenvalue weighted by Gasteiger charge is 2.31. The van der Waals surface area contributed by atoms with Gasteiger partial charge < -0.3 is 4.90 Å². The van der Waals surface area contributed by atoms with Crippen LogP contribution in [0, 0.1) is 19.8 Å². The van der Waals surface area contributed by atoms with Gasteiger partial charge in [-0.25, -0.2) is 18.1 Å². The molecule has 2 heterocycles. The normalized spacial score (nSPS) is 16.9. The van der Waals surface area contributed by atoms with E-state index in [0.29, 0.717) is 30.5 Å². The van der Waals surface area contributed by atoms with E-state index in [-0.39, 0.29) is 29.8 Å². The molecule has 1 saturated heterocycles. The molecule has 0 unspecified atom stereocenters. The van der Waals surface area contributed by atoms with Crippen LogP contribution in [0.5, 0.6) is 0 Å². The van der Waals surface area contributed by atoms with E-state index in [0.717, 1.165) is 5.82 Å². The highest BCUT2D eigenvalue weighted by atomic mass is 35.5. The standard InChI is InChI=1S/C18H24ClN5O3S/c1-13(12-24-15(3)20-14(2)21-24)18(25)22-8-10-23(11-9-22)28(26,27)17-6-4-16(19)5-7-17/h4-7,13H,8-12H2,1-3H3/t13-/m1/s1. The molecule has 3 rings (SSSR count). The van der Waals surface area contributed by atoms with Crippen molar-refractivity contribution in [1.82, 2.24) is 24.0 Å². The third-order valence-electron chi connectivity index (χ3n) is 4.83. The zero-order chi connectivity index (χ0) is 20.5. The Kier molecular flexibility index (Phi) is 6.07. The molecule has 1 aliphatic heterocycles. The molecule has 1 aliphatic rings. The fourth-order valence-corrected chi connectivity index (χ4v) is 4.84. The summed E-state index contributed by atoms with van der Waals surface area (Å²) in [5, 5.41) is 4.79. The van der Waals surface area contributed by atoms with Gasteiger partial charge >= 0.3 is 0 Å². The Morgan fingerprint density at radius 3 is 2.29 bits per heavy atom. The van der Waals surface area contributed by atoms with Crippen LogP contribution in [-0.2, 0) is 21.4 Å². The second kappa shape index (κ2) is 8.18. The number of nitrogens with zero attached hydrogens (tertiary/aromatic N) is 5. The van der Waals surface area contributed by atoms with Gasteiger partial charge in [0.15, 0.2) is 0 Å². The molecule has 10 heteroatoms. The predicted molar refractivity (Wildman–Crippen MR) is 105 cm³/mol. The highest BCUT2D eigenvalue weighted by molar-refractivity contribution is 7.89. The van der Waals surface area contributed by atoms with Crippen LogP contribution in [-0.4, -0.2) is 64.5 Å². The molecule has 28 heavy (non-hydrogen) atoms. The third-order valence-corrected chi connectivity index (χ3v) is 7.00.